The van der Waals surface area contributed by atoms with E-state index in [1.54, 1.807) is 0 Å². The number of carbonyl (C=O) groups excluding carboxylic acids is 1. The largest absolute Gasteiger partial charge is 0.466 e. The molecule has 0 amide bonds. The summed E-state index contributed by atoms with van der Waals surface area (Å²) in [7, 11) is 0. The third-order valence-electron chi connectivity index (χ3n) is 4.11. The summed E-state index contributed by atoms with van der Waals surface area (Å²) in [5, 5.41) is 11.2. The fraction of sp³-hybridized carbons (Fsp3) is 0.929. The lowest BCUT2D eigenvalue weighted by Gasteiger charge is -2.32. The van der Waals surface area contributed by atoms with Crippen molar-refractivity contribution in [2.45, 2.75) is 57.6 Å². The highest BCUT2D eigenvalue weighted by Crippen LogP contribution is 2.29. The third kappa shape index (κ3) is 3.91. The van der Waals surface area contributed by atoms with Gasteiger partial charge in [0, 0.05) is 6.54 Å². The number of carbonyl (C=O) groups is 1. The summed E-state index contributed by atoms with van der Waals surface area (Å²) in [4.78, 5) is 17.6. The van der Waals surface area contributed by atoms with Gasteiger partial charge in [0.1, 0.15) is 0 Å². The molecule has 2 rings (SSSR count). The molecule has 110 valence electrons. The average molecular weight is 271 g/mol. The van der Waals surface area contributed by atoms with Crippen LogP contribution in [0.1, 0.15) is 45.4 Å². The van der Waals surface area contributed by atoms with Gasteiger partial charge in [-0.3, -0.25) is 9.63 Å². The van der Waals surface area contributed by atoms with E-state index in [2.05, 4.69) is 0 Å². The number of rotatable bonds is 5. The highest BCUT2D eigenvalue weighted by Gasteiger charge is 2.32. The zero-order valence-corrected chi connectivity index (χ0v) is 11.7. The number of hydrogen-bond acceptors (Lipinski definition) is 5. The van der Waals surface area contributed by atoms with Gasteiger partial charge in [-0.15, -0.1) is 0 Å². The lowest BCUT2D eigenvalue weighted by molar-refractivity contribution is -0.219. The number of hydrogen-bond donors (Lipinski definition) is 1. The van der Waals surface area contributed by atoms with Gasteiger partial charge in [-0.1, -0.05) is 0 Å². The monoisotopic (exact) mass is 271 g/mol. The van der Waals surface area contributed by atoms with Crippen LogP contribution in [0.2, 0.25) is 0 Å². The molecule has 0 aromatic rings. The number of nitrogens with zero attached hydrogens (tertiary/aromatic N) is 1. The molecular formula is C14H25NO4. The van der Waals surface area contributed by atoms with Gasteiger partial charge in [0.05, 0.1) is 31.3 Å². The van der Waals surface area contributed by atoms with Crippen LogP contribution in [0.4, 0.5) is 0 Å². The first-order valence-electron chi connectivity index (χ1n) is 7.45. The quantitative estimate of drug-likeness (QED) is 0.768. The molecule has 1 aliphatic heterocycles. The van der Waals surface area contributed by atoms with Crippen LogP contribution < -0.4 is 0 Å². The predicted octanol–water partition coefficient (Wildman–Crippen LogP) is 1.50. The maximum Gasteiger partial charge on any atom is 0.308 e. The first-order valence-corrected chi connectivity index (χ1v) is 7.45. The van der Waals surface area contributed by atoms with Crippen LogP contribution in [0.5, 0.6) is 0 Å². The van der Waals surface area contributed by atoms with Crippen molar-refractivity contribution in [3.63, 3.8) is 0 Å². The molecule has 1 N–H and O–H groups in total. The molecule has 1 saturated heterocycles. The minimum Gasteiger partial charge on any atom is -0.466 e. The Hall–Kier alpha value is -0.650. The SMILES string of the molecule is CCOC(=O)C1CCC(ON2CCCC2CO)CC1. The summed E-state index contributed by atoms with van der Waals surface area (Å²) < 4.78 is 5.06. The molecule has 1 heterocycles. The van der Waals surface area contributed by atoms with E-state index in [9.17, 15) is 9.90 Å². The first kappa shape index (κ1) is 14.8. The summed E-state index contributed by atoms with van der Waals surface area (Å²) in [6.07, 6.45) is 5.79. The first-order chi connectivity index (χ1) is 9.24. The van der Waals surface area contributed by atoms with E-state index < -0.39 is 0 Å². The van der Waals surface area contributed by atoms with Crippen LogP contribution in [-0.2, 0) is 14.4 Å². The molecule has 1 aliphatic carbocycles. The van der Waals surface area contributed by atoms with E-state index in [0.29, 0.717) is 6.61 Å². The van der Waals surface area contributed by atoms with E-state index in [4.69, 9.17) is 9.57 Å². The molecular weight excluding hydrogens is 246 g/mol. The van der Waals surface area contributed by atoms with E-state index in [1.165, 1.54) is 0 Å². The Morgan fingerprint density at radius 1 is 1.26 bits per heavy atom. The highest BCUT2D eigenvalue weighted by molar-refractivity contribution is 5.72. The van der Waals surface area contributed by atoms with E-state index >= 15 is 0 Å². The average Bonchev–Trinajstić information content (AvgIpc) is 2.87. The number of hydroxylamine groups is 2. The predicted molar refractivity (Wildman–Crippen MR) is 70.3 cm³/mol. The molecule has 5 heteroatoms. The molecule has 1 unspecified atom stereocenters. The second kappa shape index (κ2) is 7.22. The number of ether oxygens (including phenoxy) is 1. The molecule has 5 nitrogen and oxygen atoms in total. The van der Waals surface area contributed by atoms with Gasteiger partial charge in [-0.05, 0) is 45.4 Å². The number of aliphatic hydroxyl groups excluding tert-OH is 1. The Bertz CT molecular complexity index is 289. The van der Waals surface area contributed by atoms with Crippen molar-refractivity contribution in [2.24, 2.45) is 5.92 Å². The number of esters is 1. The van der Waals surface area contributed by atoms with Gasteiger partial charge in [-0.2, -0.15) is 5.06 Å². The van der Waals surface area contributed by atoms with Crippen molar-refractivity contribution >= 4 is 5.97 Å². The van der Waals surface area contributed by atoms with Crippen LogP contribution in [0.15, 0.2) is 0 Å². The normalized spacial score (nSPS) is 32.4. The molecule has 0 spiro atoms. The van der Waals surface area contributed by atoms with Gasteiger partial charge in [0.25, 0.3) is 0 Å². The van der Waals surface area contributed by atoms with Crippen LogP contribution in [0.3, 0.4) is 0 Å². The second-order valence-electron chi connectivity index (χ2n) is 5.45. The van der Waals surface area contributed by atoms with Crippen molar-refractivity contribution < 1.29 is 19.5 Å². The second-order valence-corrected chi connectivity index (χ2v) is 5.45. The zero-order valence-electron chi connectivity index (χ0n) is 11.7. The van der Waals surface area contributed by atoms with E-state index in [0.717, 1.165) is 45.1 Å². The van der Waals surface area contributed by atoms with Crippen LogP contribution >= 0.6 is 0 Å². The summed E-state index contributed by atoms with van der Waals surface area (Å²) in [6.45, 7) is 3.37. The van der Waals surface area contributed by atoms with Crippen molar-refractivity contribution in [3.8, 4) is 0 Å². The Labute approximate surface area is 114 Å². The van der Waals surface area contributed by atoms with Crippen molar-refractivity contribution in [1.29, 1.82) is 0 Å². The Morgan fingerprint density at radius 3 is 2.63 bits per heavy atom. The lowest BCUT2D eigenvalue weighted by Crippen LogP contribution is -2.38. The summed E-state index contributed by atoms with van der Waals surface area (Å²) in [6, 6.07) is 0.155. The van der Waals surface area contributed by atoms with Gasteiger partial charge in [-0.25, -0.2) is 0 Å². The number of aliphatic hydroxyl groups is 1. The minimum absolute atomic E-state index is 0.0482. The third-order valence-corrected chi connectivity index (χ3v) is 4.11. The maximum absolute atomic E-state index is 11.6. The maximum atomic E-state index is 11.6. The smallest absolute Gasteiger partial charge is 0.308 e. The lowest BCUT2D eigenvalue weighted by atomic mass is 9.87. The van der Waals surface area contributed by atoms with Crippen LogP contribution in [0, 0.1) is 5.92 Å². The highest BCUT2D eigenvalue weighted by atomic mass is 16.7. The van der Waals surface area contributed by atoms with Gasteiger partial charge < -0.3 is 9.84 Å². The Kier molecular flexibility index (Phi) is 5.60. The summed E-state index contributed by atoms with van der Waals surface area (Å²) >= 11 is 0. The van der Waals surface area contributed by atoms with Crippen molar-refractivity contribution in [3.05, 3.63) is 0 Å². The molecule has 0 bridgehead atoms. The van der Waals surface area contributed by atoms with E-state index in [-0.39, 0.29) is 30.6 Å². The molecule has 19 heavy (non-hydrogen) atoms. The standard InChI is InChI=1S/C14H25NO4/c1-2-18-14(17)11-5-7-13(8-6-11)19-15-9-3-4-12(15)10-16/h11-13,16H,2-10H2,1H3. The summed E-state index contributed by atoms with van der Waals surface area (Å²) in [5.41, 5.74) is 0. The fourth-order valence-electron chi connectivity index (χ4n) is 2.99. The molecule has 0 aromatic carbocycles. The van der Waals surface area contributed by atoms with Gasteiger partial charge >= 0.3 is 5.97 Å². The molecule has 2 aliphatic rings. The van der Waals surface area contributed by atoms with E-state index in [1.807, 2.05) is 12.0 Å². The topological polar surface area (TPSA) is 59.0 Å². The zero-order chi connectivity index (χ0) is 13.7. The molecule has 0 radical (unpaired) electrons. The fourth-order valence-corrected chi connectivity index (χ4v) is 2.99. The summed E-state index contributed by atoms with van der Waals surface area (Å²) in [5.74, 6) is -0.0117. The minimum atomic E-state index is -0.0599. The molecule has 2 fully saturated rings. The van der Waals surface area contributed by atoms with Crippen LogP contribution in [0.25, 0.3) is 0 Å². The van der Waals surface area contributed by atoms with Gasteiger partial charge in [0.2, 0.25) is 0 Å². The molecule has 0 aromatic heterocycles. The van der Waals surface area contributed by atoms with Gasteiger partial charge in [0.15, 0.2) is 0 Å². The van der Waals surface area contributed by atoms with Crippen molar-refractivity contribution in [1.82, 2.24) is 5.06 Å². The van der Waals surface area contributed by atoms with Crippen molar-refractivity contribution in [2.75, 3.05) is 19.8 Å². The Balaban J connectivity index is 1.73. The molecule has 1 atom stereocenters. The van der Waals surface area contributed by atoms with Crippen LogP contribution in [-0.4, -0.2) is 48.0 Å². The molecule has 1 saturated carbocycles. The Morgan fingerprint density at radius 2 is 2.00 bits per heavy atom.